The number of alkyl halides is 3. The monoisotopic (exact) mass is 446 g/mol. The van der Waals surface area contributed by atoms with Gasteiger partial charge in [0.2, 0.25) is 0 Å². The fourth-order valence-electron chi connectivity index (χ4n) is 7.62. The molecule has 0 unspecified atom stereocenters. The molecule has 0 saturated heterocycles. The molecule has 1 aromatic carbocycles. The summed E-state index contributed by atoms with van der Waals surface area (Å²) in [5, 5.41) is 21.5. The molecule has 0 aromatic heterocycles. The van der Waals surface area contributed by atoms with Crippen molar-refractivity contribution in [1.29, 1.82) is 0 Å². The average molecular weight is 447 g/mol. The van der Waals surface area contributed by atoms with Gasteiger partial charge >= 0.3 is 6.18 Å². The Bertz CT molecular complexity index is 947. The second-order valence-corrected chi connectivity index (χ2v) is 11.1. The topological polar surface area (TPSA) is 40.5 Å². The zero-order valence-corrected chi connectivity index (χ0v) is 18.8. The number of hydrogen-bond donors (Lipinski definition) is 2. The summed E-state index contributed by atoms with van der Waals surface area (Å²) in [6.45, 7) is 4.59. The van der Waals surface area contributed by atoms with Gasteiger partial charge in [0.05, 0.1) is 17.8 Å². The van der Waals surface area contributed by atoms with Crippen LogP contribution in [0.5, 0.6) is 0 Å². The lowest BCUT2D eigenvalue weighted by Crippen LogP contribution is -2.51. The zero-order valence-electron chi connectivity index (χ0n) is 18.8. The maximum Gasteiger partial charge on any atom is 0.416 e. The fraction of sp³-hybridized carbons (Fsp3) is 0.630. The molecule has 5 heteroatoms. The first kappa shape index (κ1) is 22.2. The van der Waals surface area contributed by atoms with E-state index in [0.717, 1.165) is 62.7 Å². The van der Waals surface area contributed by atoms with Crippen molar-refractivity contribution in [2.45, 2.75) is 77.2 Å². The molecule has 0 bridgehead atoms. The van der Waals surface area contributed by atoms with E-state index < -0.39 is 17.8 Å². The molecule has 7 atom stereocenters. The van der Waals surface area contributed by atoms with Gasteiger partial charge in [-0.3, -0.25) is 0 Å². The SMILES string of the molecule is C[C@@]12CC[C@H]3[C@@H](CC=C4C[C@H](O)CC[C@@]43C)[C@H]1C/C(=C\c1ccc(C(F)(F)F)cc1)[C@@H]2O. The van der Waals surface area contributed by atoms with E-state index in [9.17, 15) is 23.4 Å². The van der Waals surface area contributed by atoms with Gasteiger partial charge in [0, 0.05) is 5.41 Å². The Kier molecular flexibility index (Phi) is 5.18. The molecule has 4 aliphatic rings. The molecule has 2 nitrogen and oxygen atoms in total. The second kappa shape index (κ2) is 7.46. The van der Waals surface area contributed by atoms with Crippen molar-refractivity contribution in [3.8, 4) is 0 Å². The van der Waals surface area contributed by atoms with Crippen LogP contribution < -0.4 is 0 Å². The van der Waals surface area contributed by atoms with E-state index in [2.05, 4.69) is 19.9 Å². The maximum atomic E-state index is 12.9. The third kappa shape index (κ3) is 3.38. The lowest BCUT2D eigenvalue weighted by atomic mass is 9.48. The number of hydrogen-bond acceptors (Lipinski definition) is 2. The van der Waals surface area contributed by atoms with Gasteiger partial charge in [-0.15, -0.1) is 0 Å². The third-order valence-electron chi connectivity index (χ3n) is 9.54. The summed E-state index contributed by atoms with van der Waals surface area (Å²) in [5.74, 6) is 1.45. The molecule has 1 aromatic rings. The Morgan fingerprint density at radius 2 is 1.69 bits per heavy atom. The molecule has 32 heavy (non-hydrogen) atoms. The molecule has 0 radical (unpaired) electrons. The van der Waals surface area contributed by atoms with Crippen LogP contribution in [0.2, 0.25) is 0 Å². The van der Waals surface area contributed by atoms with E-state index in [4.69, 9.17) is 0 Å². The number of benzene rings is 1. The highest BCUT2D eigenvalue weighted by molar-refractivity contribution is 5.56. The van der Waals surface area contributed by atoms with E-state index in [1.807, 2.05) is 6.08 Å². The molecule has 2 N–H and O–H groups in total. The minimum atomic E-state index is -4.34. The molecule has 5 rings (SSSR count). The summed E-state index contributed by atoms with van der Waals surface area (Å²) in [7, 11) is 0. The van der Waals surface area contributed by atoms with E-state index >= 15 is 0 Å². The lowest BCUT2D eigenvalue weighted by molar-refractivity contribution is -0.137. The highest BCUT2D eigenvalue weighted by Crippen LogP contribution is 2.65. The van der Waals surface area contributed by atoms with Crippen molar-refractivity contribution in [1.82, 2.24) is 0 Å². The summed E-state index contributed by atoms with van der Waals surface area (Å²) in [6, 6.07) is 5.23. The number of aliphatic hydroxyl groups excluding tert-OH is 2. The number of fused-ring (bicyclic) bond motifs is 5. The van der Waals surface area contributed by atoms with Crippen LogP contribution in [0.15, 0.2) is 41.5 Å². The Morgan fingerprint density at radius 3 is 2.38 bits per heavy atom. The molecule has 0 amide bonds. The number of rotatable bonds is 1. The summed E-state index contributed by atoms with van der Waals surface area (Å²) in [5.41, 5.74) is 2.41. The lowest BCUT2D eigenvalue weighted by Gasteiger charge is -2.57. The van der Waals surface area contributed by atoms with Gasteiger partial charge in [-0.1, -0.05) is 43.7 Å². The summed E-state index contributed by atoms with van der Waals surface area (Å²) >= 11 is 0. The van der Waals surface area contributed by atoms with Crippen molar-refractivity contribution in [2.24, 2.45) is 28.6 Å². The van der Waals surface area contributed by atoms with Gasteiger partial charge in [-0.2, -0.15) is 13.2 Å². The smallest absolute Gasteiger partial charge is 0.393 e. The van der Waals surface area contributed by atoms with Crippen LogP contribution >= 0.6 is 0 Å². The second-order valence-electron chi connectivity index (χ2n) is 11.1. The Balaban J connectivity index is 1.42. The first-order valence-corrected chi connectivity index (χ1v) is 12.0. The first-order valence-electron chi connectivity index (χ1n) is 12.0. The molecule has 0 heterocycles. The van der Waals surface area contributed by atoms with Crippen molar-refractivity contribution in [3.05, 3.63) is 52.6 Å². The van der Waals surface area contributed by atoms with Crippen molar-refractivity contribution in [3.63, 3.8) is 0 Å². The van der Waals surface area contributed by atoms with Crippen molar-refractivity contribution in [2.75, 3.05) is 0 Å². The van der Waals surface area contributed by atoms with Crippen LogP contribution in [0.3, 0.4) is 0 Å². The Labute approximate surface area is 188 Å². The van der Waals surface area contributed by atoms with Crippen molar-refractivity contribution < 1.29 is 23.4 Å². The normalized spacial score (nSPS) is 42.8. The summed E-state index contributed by atoms with van der Waals surface area (Å²) in [6.07, 6.45) is 5.73. The Morgan fingerprint density at radius 1 is 0.969 bits per heavy atom. The van der Waals surface area contributed by atoms with E-state index in [-0.39, 0.29) is 16.9 Å². The highest BCUT2D eigenvalue weighted by Gasteiger charge is 2.59. The molecule has 3 saturated carbocycles. The summed E-state index contributed by atoms with van der Waals surface area (Å²) < 4.78 is 38.7. The highest BCUT2D eigenvalue weighted by atomic mass is 19.4. The molecule has 0 aliphatic heterocycles. The predicted molar refractivity (Wildman–Crippen MR) is 119 cm³/mol. The van der Waals surface area contributed by atoms with E-state index in [0.29, 0.717) is 23.3 Å². The zero-order chi connectivity index (χ0) is 22.9. The molecular weight excluding hydrogens is 413 g/mol. The van der Waals surface area contributed by atoms with E-state index in [1.54, 1.807) is 0 Å². The van der Waals surface area contributed by atoms with E-state index in [1.165, 1.54) is 17.7 Å². The standard InChI is InChI=1S/C27H33F3O2/c1-25-11-9-20(31)15-19(25)7-8-21-22(25)10-12-26(2)23(21)14-17(24(26)32)13-16-3-5-18(6-4-16)27(28,29)30/h3-7,13,20-24,31-32H,8-12,14-15H2,1-2H3/b17-13+/t20-,21-,22+,23-,24+,25+,26-/m1/s1. The van der Waals surface area contributed by atoms with Crippen LogP contribution in [0.4, 0.5) is 13.2 Å². The Hall–Kier alpha value is -1.59. The average Bonchev–Trinajstić information content (AvgIpc) is 2.99. The van der Waals surface area contributed by atoms with Crippen LogP contribution in [0, 0.1) is 28.6 Å². The fourth-order valence-corrected chi connectivity index (χ4v) is 7.62. The van der Waals surface area contributed by atoms with Gasteiger partial charge < -0.3 is 10.2 Å². The molecular formula is C27H33F3O2. The van der Waals surface area contributed by atoms with Gasteiger partial charge in [0.1, 0.15) is 0 Å². The number of aliphatic hydroxyl groups is 2. The number of allylic oxidation sites excluding steroid dienone is 1. The largest absolute Gasteiger partial charge is 0.416 e. The van der Waals surface area contributed by atoms with Crippen molar-refractivity contribution >= 4 is 6.08 Å². The third-order valence-corrected chi connectivity index (χ3v) is 9.54. The van der Waals surface area contributed by atoms with Crippen LogP contribution in [0.1, 0.15) is 69.9 Å². The van der Waals surface area contributed by atoms with Crippen LogP contribution in [-0.4, -0.2) is 22.4 Å². The molecule has 4 aliphatic carbocycles. The van der Waals surface area contributed by atoms with Gasteiger partial charge in [-0.25, -0.2) is 0 Å². The van der Waals surface area contributed by atoms with Gasteiger partial charge in [0.25, 0.3) is 0 Å². The minimum Gasteiger partial charge on any atom is -0.393 e. The molecule has 3 fully saturated rings. The van der Waals surface area contributed by atoms with Gasteiger partial charge in [0.15, 0.2) is 0 Å². The van der Waals surface area contributed by atoms with Gasteiger partial charge in [-0.05, 0) is 91.4 Å². The van der Waals surface area contributed by atoms with Crippen LogP contribution in [-0.2, 0) is 6.18 Å². The minimum absolute atomic E-state index is 0.147. The number of halogens is 3. The molecule has 174 valence electrons. The predicted octanol–water partition coefficient (Wildman–Crippen LogP) is 6.38. The molecule has 0 spiro atoms. The maximum absolute atomic E-state index is 12.9. The quantitative estimate of drug-likeness (QED) is 0.491. The van der Waals surface area contributed by atoms with Crippen LogP contribution in [0.25, 0.3) is 6.08 Å². The first-order chi connectivity index (χ1) is 15.0. The summed E-state index contributed by atoms with van der Waals surface area (Å²) in [4.78, 5) is 0.